The van der Waals surface area contributed by atoms with Crippen LogP contribution in [0.3, 0.4) is 0 Å². The lowest BCUT2D eigenvalue weighted by Gasteiger charge is -2.37. The van der Waals surface area contributed by atoms with Gasteiger partial charge in [0.15, 0.2) is 0 Å². The van der Waals surface area contributed by atoms with Gasteiger partial charge >= 0.3 is 7.12 Å². The van der Waals surface area contributed by atoms with Crippen LogP contribution in [-0.2, 0) is 9.31 Å². The van der Waals surface area contributed by atoms with E-state index in [4.69, 9.17) is 9.31 Å². The number of hydrogen-bond acceptors (Lipinski definition) is 6. The first kappa shape index (κ1) is 26.5. The molecule has 8 heteroatoms. The molecular weight excluding hydrogens is 453 g/mol. The number of carbonyl (C=O) groups excluding carboxylic acids is 1. The van der Waals surface area contributed by atoms with Gasteiger partial charge in [-0.25, -0.2) is 0 Å². The topological polar surface area (TPSA) is 74.3 Å². The molecule has 1 amide bonds. The van der Waals surface area contributed by atoms with Gasteiger partial charge in [0, 0.05) is 43.1 Å². The summed E-state index contributed by atoms with van der Waals surface area (Å²) >= 11 is 0. The summed E-state index contributed by atoms with van der Waals surface area (Å²) in [6, 6.07) is 16.0. The number of nitrogens with one attached hydrogen (secondary N) is 1. The zero-order chi connectivity index (χ0) is 26.1. The first-order valence-electron chi connectivity index (χ1n) is 13.1. The molecule has 0 aliphatic carbocycles. The summed E-state index contributed by atoms with van der Waals surface area (Å²) in [5.74, 6) is -0.150. The highest BCUT2D eigenvalue weighted by Gasteiger charge is 2.51. The third kappa shape index (κ3) is 5.56. The molecule has 2 aliphatic rings. The predicted octanol–water partition coefficient (Wildman–Crippen LogP) is 3.20. The van der Waals surface area contributed by atoms with Gasteiger partial charge in [0.25, 0.3) is 5.91 Å². The Balaban J connectivity index is 1.31. The van der Waals surface area contributed by atoms with Crippen molar-refractivity contribution >= 4 is 29.9 Å². The van der Waals surface area contributed by atoms with Crippen molar-refractivity contribution in [3.8, 4) is 0 Å². The number of rotatable bonds is 7. The Morgan fingerprint density at radius 2 is 1.36 bits per heavy atom. The molecule has 7 nitrogen and oxygen atoms in total. The lowest BCUT2D eigenvalue weighted by molar-refractivity contribution is 0.00578. The van der Waals surface area contributed by atoms with Crippen molar-refractivity contribution in [1.82, 2.24) is 5.32 Å². The second kappa shape index (κ2) is 10.4. The molecule has 2 atom stereocenters. The molecule has 4 rings (SSSR count). The van der Waals surface area contributed by atoms with Crippen LogP contribution >= 0.6 is 0 Å². The second-order valence-corrected chi connectivity index (χ2v) is 10.9. The second-order valence-electron chi connectivity index (χ2n) is 10.9. The number of aliphatic hydroxyl groups is 1. The summed E-state index contributed by atoms with van der Waals surface area (Å²) in [6.45, 7) is 15.6. The van der Waals surface area contributed by atoms with Crippen LogP contribution in [0.1, 0.15) is 58.3 Å². The van der Waals surface area contributed by atoms with Gasteiger partial charge in [-0.1, -0.05) is 19.1 Å². The van der Waals surface area contributed by atoms with Crippen LogP contribution in [0.25, 0.3) is 0 Å². The third-order valence-electron chi connectivity index (χ3n) is 7.90. The van der Waals surface area contributed by atoms with Crippen molar-refractivity contribution in [2.24, 2.45) is 0 Å². The minimum absolute atomic E-state index is 0.150. The summed E-state index contributed by atoms with van der Waals surface area (Å²) < 4.78 is 12.4. The SMILES string of the molecule is CC[C@H](NC(=O)c1ccc(N2CCN(c3ccc(B4OC(C)(C)C(C)(C)O4)cc3)CC2)cc1)[C@H](C)O. The molecule has 0 aromatic heterocycles. The van der Waals surface area contributed by atoms with Gasteiger partial charge in [0.1, 0.15) is 0 Å². The van der Waals surface area contributed by atoms with Gasteiger partial charge in [-0.3, -0.25) is 4.79 Å². The molecule has 2 N–H and O–H groups in total. The number of amides is 1. The van der Waals surface area contributed by atoms with E-state index in [0.717, 1.165) is 37.3 Å². The lowest BCUT2D eigenvalue weighted by Crippen LogP contribution is -2.46. The summed E-state index contributed by atoms with van der Waals surface area (Å²) in [5, 5.41) is 12.7. The summed E-state index contributed by atoms with van der Waals surface area (Å²) in [4.78, 5) is 17.3. The lowest BCUT2D eigenvalue weighted by atomic mass is 9.79. The molecule has 0 radical (unpaired) electrons. The number of carbonyl (C=O) groups is 1. The minimum Gasteiger partial charge on any atom is -0.399 e. The van der Waals surface area contributed by atoms with Crippen LogP contribution in [0.15, 0.2) is 48.5 Å². The van der Waals surface area contributed by atoms with Crippen molar-refractivity contribution < 1.29 is 19.2 Å². The number of hydrogen-bond donors (Lipinski definition) is 2. The molecule has 194 valence electrons. The van der Waals surface area contributed by atoms with E-state index in [-0.39, 0.29) is 30.3 Å². The zero-order valence-corrected chi connectivity index (χ0v) is 22.5. The Bertz CT molecular complexity index is 1020. The van der Waals surface area contributed by atoms with E-state index in [1.54, 1.807) is 6.92 Å². The molecule has 2 aromatic rings. The number of piperazine rings is 1. The third-order valence-corrected chi connectivity index (χ3v) is 7.90. The molecule has 0 spiro atoms. The summed E-state index contributed by atoms with van der Waals surface area (Å²) in [5.41, 5.74) is 3.28. The fourth-order valence-corrected chi connectivity index (χ4v) is 4.68. The maximum atomic E-state index is 12.5. The van der Waals surface area contributed by atoms with E-state index in [2.05, 4.69) is 67.1 Å². The standard InChI is InChI=1S/C28H40BN3O4/c1-7-25(20(2)33)30-26(34)21-8-12-23(13-9-21)31-16-18-32(19-17-31)24-14-10-22(11-15-24)29-35-27(3,4)28(5,6)36-29/h8-15,20,25,33H,7,16-19H2,1-6H3,(H,30,34)/t20-,25-/m0/s1. The van der Waals surface area contributed by atoms with Crippen molar-refractivity contribution in [2.75, 3.05) is 36.0 Å². The van der Waals surface area contributed by atoms with Gasteiger partial charge in [0.05, 0.1) is 23.3 Å². The maximum absolute atomic E-state index is 12.5. The minimum atomic E-state index is -0.575. The average Bonchev–Trinajstić information content (AvgIpc) is 3.09. The molecule has 36 heavy (non-hydrogen) atoms. The average molecular weight is 493 g/mol. The largest absolute Gasteiger partial charge is 0.494 e. The van der Waals surface area contributed by atoms with Gasteiger partial charge < -0.3 is 29.5 Å². The van der Waals surface area contributed by atoms with Crippen LogP contribution in [0.5, 0.6) is 0 Å². The van der Waals surface area contributed by atoms with Crippen LogP contribution in [0.4, 0.5) is 11.4 Å². The van der Waals surface area contributed by atoms with Crippen molar-refractivity contribution in [3.05, 3.63) is 54.1 Å². The summed E-state index contributed by atoms with van der Waals surface area (Å²) in [7, 11) is -0.342. The smallest absolute Gasteiger partial charge is 0.399 e. The zero-order valence-electron chi connectivity index (χ0n) is 22.5. The Kier molecular flexibility index (Phi) is 7.69. The highest BCUT2D eigenvalue weighted by atomic mass is 16.7. The Labute approximate surface area is 215 Å². The van der Waals surface area contributed by atoms with Crippen LogP contribution < -0.4 is 20.6 Å². The Morgan fingerprint density at radius 1 is 0.917 bits per heavy atom. The number of nitrogens with zero attached hydrogens (tertiary/aromatic N) is 2. The van der Waals surface area contributed by atoms with Gasteiger partial charge in [-0.2, -0.15) is 0 Å². The van der Waals surface area contributed by atoms with Crippen molar-refractivity contribution in [1.29, 1.82) is 0 Å². The normalized spacial score (nSPS) is 20.8. The monoisotopic (exact) mass is 493 g/mol. The fraction of sp³-hybridized carbons (Fsp3) is 0.536. The highest BCUT2D eigenvalue weighted by Crippen LogP contribution is 2.36. The Hall–Kier alpha value is -2.55. The molecule has 2 saturated heterocycles. The van der Waals surface area contributed by atoms with E-state index in [9.17, 15) is 9.90 Å². The Morgan fingerprint density at radius 3 is 1.78 bits per heavy atom. The molecule has 0 unspecified atom stereocenters. The van der Waals surface area contributed by atoms with Crippen molar-refractivity contribution in [3.63, 3.8) is 0 Å². The van der Waals surface area contributed by atoms with E-state index < -0.39 is 6.10 Å². The quantitative estimate of drug-likeness (QED) is 0.578. The van der Waals surface area contributed by atoms with Gasteiger partial charge in [0.2, 0.25) is 0 Å². The molecule has 2 heterocycles. The van der Waals surface area contributed by atoms with Gasteiger partial charge in [-0.15, -0.1) is 0 Å². The van der Waals surface area contributed by atoms with Gasteiger partial charge in [-0.05, 0) is 82.9 Å². The molecule has 0 saturated carbocycles. The first-order chi connectivity index (χ1) is 17.0. The summed E-state index contributed by atoms with van der Waals surface area (Å²) in [6.07, 6.45) is 0.113. The predicted molar refractivity (Wildman–Crippen MR) is 146 cm³/mol. The van der Waals surface area contributed by atoms with Crippen LogP contribution in [0, 0.1) is 0 Å². The molecule has 2 aliphatic heterocycles. The fourth-order valence-electron chi connectivity index (χ4n) is 4.68. The van der Waals surface area contributed by atoms with Crippen molar-refractivity contribution in [2.45, 2.75) is 71.3 Å². The van der Waals surface area contributed by atoms with E-state index in [0.29, 0.717) is 12.0 Å². The van der Waals surface area contributed by atoms with Crippen LogP contribution in [-0.4, -0.2) is 67.7 Å². The first-order valence-corrected chi connectivity index (χ1v) is 13.1. The van der Waals surface area contributed by atoms with E-state index in [1.165, 1.54) is 5.69 Å². The van der Waals surface area contributed by atoms with Crippen LogP contribution in [0.2, 0.25) is 0 Å². The highest BCUT2D eigenvalue weighted by molar-refractivity contribution is 6.62. The number of benzene rings is 2. The molecule has 2 fully saturated rings. The molecular formula is C28H40BN3O4. The maximum Gasteiger partial charge on any atom is 0.494 e. The molecule has 2 aromatic carbocycles. The number of aliphatic hydroxyl groups excluding tert-OH is 1. The van der Waals surface area contributed by atoms with E-state index in [1.807, 2.05) is 31.2 Å². The molecule has 0 bridgehead atoms. The number of anilines is 2. The van der Waals surface area contributed by atoms with E-state index >= 15 is 0 Å².